The molecule has 2 unspecified atom stereocenters. The van der Waals surface area contributed by atoms with E-state index in [9.17, 15) is 9.59 Å². The van der Waals surface area contributed by atoms with Crippen molar-refractivity contribution in [2.75, 3.05) is 18.9 Å². The standard InChI is InChI=1S/C11H16N2O3S/c1-3-4-16-10(15)11(2)5-13-8(14)7(12)9(13)17-6-11/h3,7,9H,1,4-6,12H2,2H3/t7?,9-,11?/m1/s1. The Kier molecular flexibility index (Phi) is 3.18. The number of ether oxygens (including phenoxy) is 1. The van der Waals surface area contributed by atoms with Gasteiger partial charge in [-0.05, 0) is 6.92 Å². The van der Waals surface area contributed by atoms with Gasteiger partial charge in [-0.3, -0.25) is 9.59 Å². The number of rotatable bonds is 3. The first-order chi connectivity index (χ1) is 7.99. The smallest absolute Gasteiger partial charge is 0.314 e. The third kappa shape index (κ3) is 1.95. The summed E-state index contributed by atoms with van der Waals surface area (Å²) in [6, 6.07) is -0.409. The predicted molar refractivity (Wildman–Crippen MR) is 65.2 cm³/mol. The Morgan fingerprint density at radius 1 is 1.82 bits per heavy atom. The van der Waals surface area contributed by atoms with Crippen molar-refractivity contribution in [3.8, 4) is 0 Å². The molecule has 0 aromatic rings. The van der Waals surface area contributed by atoms with Gasteiger partial charge >= 0.3 is 5.97 Å². The molecule has 5 nitrogen and oxygen atoms in total. The van der Waals surface area contributed by atoms with Crippen molar-refractivity contribution in [1.29, 1.82) is 0 Å². The summed E-state index contributed by atoms with van der Waals surface area (Å²) in [7, 11) is 0. The summed E-state index contributed by atoms with van der Waals surface area (Å²) in [5.74, 6) is 0.270. The zero-order chi connectivity index (χ0) is 12.6. The zero-order valence-corrected chi connectivity index (χ0v) is 10.5. The molecule has 2 aliphatic rings. The highest BCUT2D eigenvalue weighted by Crippen LogP contribution is 2.41. The fourth-order valence-electron chi connectivity index (χ4n) is 2.04. The van der Waals surface area contributed by atoms with Gasteiger partial charge in [0, 0.05) is 12.3 Å². The molecular formula is C11H16N2O3S. The average Bonchev–Trinajstić information content (AvgIpc) is 2.34. The number of amides is 1. The molecule has 6 heteroatoms. The Hall–Kier alpha value is -1.01. The summed E-state index contributed by atoms with van der Waals surface area (Å²) in [6.45, 7) is 5.92. The molecule has 0 radical (unpaired) electrons. The highest BCUT2D eigenvalue weighted by Gasteiger charge is 2.54. The van der Waals surface area contributed by atoms with Gasteiger partial charge in [0.1, 0.15) is 18.0 Å². The molecule has 2 heterocycles. The molecule has 0 bridgehead atoms. The van der Waals surface area contributed by atoms with Gasteiger partial charge in [0.25, 0.3) is 0 Å². The lowest BCUT2D eigenvalue weighted by molar-refractivity contribution is -0.159. The molecule has 0 saturated carbocycles. The summed E-state index contributed by atoms with van der Waals surface area (Å²) in [4.78, 5) is 25.1. The summed E-state index contributed by atoms with van der Waals surface area (Å²) in [5, 5.41) is 0.0304. The predicted octanol–water partition coefficient (Wildman–Crippen LogP) is -0.0357. The molecule has 2 N–H and O–H groups in total. The first-order valence-corrected chi connectivity index (χ1v) is 6.50. The number of thioether (sulfide) groups is 1. The molecule has 0 aromatic heterocycles. The second-order valence-corrected chi connectivity index (χ2v) is 5.75. The van der Waals surface area contributed by atoms with E-state index in [1.165, 1.54) is 6.08 Å². The van der Waals surface area contributed by atoms with Crippen molar-refractivity contribution >= 4 is 23.6 Å². The van der Waals surface area contributed by atoms with Gasteiger partial charge < -0.3 is 15.4 Å². The van der Waals surface area contributed by atoms with Gasteiger partial charge in [0.2, 0.25) is 5.91 Å². The Balaban J connectivity index is 2.01. The van der Waals surface area contributed by atoms with Gasteiger partial charge in [0.15, 0.2) is 0 Å². The minimum atomic E-state index is -0.639. The maximum absolute atomic E-state index is 11.9. The zero-order valence-electron chi connectivity index (χ0n) is 9.72. The summed E-state index contributed by atoms with van der Waals surface area (Å²) in [6.07, 6.45) is 1.53. The van der Waals surface area contributed by atoms with Crippen molar-refractivity contribution in [2.24, 2.45) is 11.1 Å². The number of β-lactam (4-membered cyclic amide) rings is 1. The fourth-order valence-corrected chi connectivity index (χ4v) is 3.47. The van der Waals surface area contributed by atoms with Gasteiger partial charge in [-0.15, -0.1) is 11.8 Å². The highest BCUT2D eigenvalue weighted by atomic mass is 32.2. The van der Waals surface area contributed by atoms with Gasteiger partial charge in [-0.25, -0.2) is 0 Å². The van der Waals surface area contributed by atoms with Crippen molar-refractivity contribution in [1.82, 2.24) is 4.90 Å². The second-order valence-electron chi connectivity index (χ2n) is 4.64. The van der Waals surface area contributed by atoms with E-state index < -0.39 is 11.5 Å². The summed E-state index contributed by atoms with van der Waals surface area (Å²) in [5.41, 5.74) is 5.04. The molecule has 2 aliphatic heterocycles. The van der Waals surface area contributed by atoms with Crippen LogP contribution < -0.4 is 5.73 Å². The minimum absolute atomic E-state index is 0.0304. The number of fused-ring (bicyclic) bond motifs is 1. The van der Waals surface area contributed by atoms with Crippen LogP contribution in [0.3, 0.4) is 0 Å². The minimum Gasteiger partial charge on any atom is -0.461 e. The van der Waals surface area contributed by atoms with Crippen LogP contribution in [0.5, 0.6) is 0 Å². The van der Waals surface area contributed by atoms with Gasteiger partial charge in [-0.1, -0.05) is 12.7 Å². The summed E-state index contributed by atoms with van der Waals surface area (Å²) >= 11 is 1.55. The van der Waals surface area contributed by atoms with Gasteiger partial charge in [-0.2, -0.15) is 0 Å². The van der Waals surface area contributed by atoms with E-state index in [0.717, 1.165) is 0 Å². The van der Waals surface area contributed by atoms with Crippen molar-refractivity contribution in [3.63, 3.8) is 0 Å². The van der Waals surface area contributed by atoms with Crippen molar-refractivity contribution in [2.45, 2.75) is 18.3 Å². The SMILES string of the molecule is C=CCOC(=O)C1(C)CS[C@@H]2C(N)C(=O)N2C1. The Morgan fingerprint density at radius 2 is 2.53 bits per heavy atom. The quantitative estimate of drug-likeness (QED) is 0.436. The number of carbonyl (C=O) groups excluding carboxylic acids is 2. The third-order valence-electron chi connectivity index (χ3n) is 3.10. The molecule has 2 rings (SSSR count). The lowest BCUT2D eigenvalue weighted by Crippen LogP contribution is -2.71. The van der Waals surface area contributed by atoms with Crippen LogP contribution in [0.2, 0.25) is 0 Å². The highest BCUT2D eigenvalue weighted by molar-refractivity contribution is 8.00. The number of nitrogens with zero attached hydrogens (tertiary/aromatic N) is 1. The third-order valence-corrected chi connectivity index (χ3v) is 4.79. The van der Waals surface area contributed by atoms with Crippen LogP contribution in [0.15, 0.2) is 12.7 Å². The van der Waals surface area contributed by atoms with Crippen molar-refractivity contribution < 1.29 is 14.3 Å². The molecule has 3 atom stereocenters. The van der Waals surface area contributed by atoms with E-state index >= 15 is 0 Å². The van der Waals surface area contributed by atoms with Crippen LogP contribution in [0.1, 0.15) is 6.92 Å². The number of hydrogen-bond donors (Lipinski definition) is 1. The Morgan fingerprint density at radius 3 is 3.18 bits per heavy atom. The molecule has 17 heavy (non-hydrogen) atoms. The second kappa shape index (κ2) is 4.34. The molecule has 2 fully saturated rings. The maximum Gasteiger partial charge on any atom is 0.314 e. The van der Waals surface area contributed by atoms with E-state index in [1.807, 2.05) is 6.92 Å². The van der Waals surface area contributed by atoms with E-state index in [0.29, 0.717) is 12.3 Å². The lowest BCUT2D eigenvalue weighted by Gasteiger charge is -2.52. The van der Waals surface area contributed by atoms with E-state index in [1.54, 1.807) is 16.7 Å². The van der Waals surface area contributed by atoms with Crippen molar-refractivity contribution in [3.05, 3.63) is 12.7 Å². The fraction of sp³-hybridized carbons (Fsp3) is 0.636. The van der Waals surface area contributed by atoms with E-state index in [-0.39, 0.29) is 23.9 Å². The van der Waals surface area contributed by atoms with Crippen LogP contribution in [0.25, 0.3) is 0 Å². The topological polar surface area (TPSA) is 72.6 Å². The number of hydrogen-bond acceptors (Lipinski definition) is 5. The Labute approximate surface area is 104 Å². The molecule has 1 amide bonds. The first kappa shape index (κ1) is 12.4. The largest absolute Gasteiger partial charge is 0.461 e. The van der Waals surface area contributed by atoms with Crippen LogP contribution in [-0.2, 0) is 14.3 Å². The van der Waals surface area contributed by atoms with Crippen LogP contribution in [0, 0.1) is 5.41 Å². The molecule has 94 valence electrons. The molecule has 0 spiro atoms. The molecule has 0 aliphatic carbocycles. The molecular weight excluding hydrogens is 240 g/mol. The number of nitrogens with two attached hydrogens (primary N) is 1. The number of carbonyl (C=O) groups is 2. The van der Waals surface area contributed by atoms with Gasteiger partial charge in [0.05, 0.1) is 5.41 Å². The first-order valence-electron chi connectivity index (χ1n) is 5.45. The lowest BCUT2D eigenvalue weighted by atomic mass is 9.89. The average molecular weight is 256 g/mol. The van der Waals surface area contributed by atoms with E-state index in [4.69, 9.17) is 10.5 Å². The molecule has 2 saturated heterocycles. The van der Waals surface area contributed by atoms with Crippen LogP contribution in [0.4, 0.5) is 0 Å². The number of esters is 1. The molecule has 0 aromatic carbocycles. The van der Waals surface area contributed by atoms with Crippen LogP contribution >= 0.6 is 11.8 Å². The summed E-state index contributed by atoms with van der Waals surface area (Å²) < 4.78 is 5.06. The maximum atomic E-state index is 11.9. The van der Waals surface area contributed by atoms with Crippen LogP contribution in [-0.4, -0.2) is 47.1 Å². The Bertz CT molecular complexity index is 374. The normalized spacial score (nSPS) is 35.9. The monoisotopic (exact) mass is 256 g/mol. The van der Waals surface area contributed by atoms with E-state index in [2.05, 4.69) is 6.58 Å².